The predicted molar refractivity (Wildman–Crippen MR) is 125 cm³/mol. The fourth-order valence-corrected chi connectivity index (χ4v) is 4.45. The molecule has 1 atom stereocenters. The van der Waals surface area contributed by atoms with Crippen molar-refractivity contribution >= 4 is 29.1 Å². The monoisotopic (exact) mass is 470 g/mol. The van der Waals surface area contributed by atoms with Crippen LogP contribution in [0.3, 0.4) is 0 Å². The average molecular weight is 471 g/mol. The summed E-state index contributed by atoms with van der Waals surface area (Å²) in [4.78, 5) is 30.0. The molecule has 0 saturated carbocycles. The minimum absolute atomic E-state index is 0.0712. The molecule has 2 aliphatic rings. The SMILES string of the molecule is COc1cccc(C2/C(=C(/O)c3ccc(Cl)cc3)C(=O)C(=O)N2CCCN2CCOCC2)c1. The minimum atomic E-state index is -0.708. The number of halogens is 1. The van der Waals surface area contributed by atoms with E-state index < -0.39 is 17.7 Å². The number of carbonyl (C=O) groups is 2. The molecule has 33 heavy (non-hydrogen) atoms. The first-order valence-electron chi connectivity index (χ1n) is 11.0. The zero-order valence-electron chi connectivity index (χ0n) is 18.5. The summed E-state index contributed by atoms with van der Waals surface area (Å²) < 4.78 is 10.7. The second-order valence-corrected chi connectivity index (χ2v) is 8.52. The number of hydrogen-bond donors (Lipinski definition) is 1. The number of ketones is 1. The van der Waals surface area contributed by atoms with Gasteiger partial charge in [-0.3, -0.25) is 14.5 Å². The van der Waals surface area contributed by atoms with Gasteiger partial charge in [0.2, 0.25) is 0 Å². The Morgan fingerprint density at radius 3 is 2.55 bits per heavy atom. The summed E-state index contributed by atoms with van der Waals surface area (Å²) in [7, 11) is 1.56. The number of Topliss-reactive ketones (excluding diaryl/α,β-unsaturated/α-hetero) is 1. The lowest BCUT2D eigenvalue weighted by Crippen LogP contribution is -2.38. The number of morpholine rings is 1. The third-order valence-corrected chi connectivity index (χ3v) is 6.30. The zero-order chi connectivity index (χ0) is 23.4. The molecule has 2 aliphatic heterocycles. The number of carbonyl (C=O) groups excluding carboxylic acids is 2. The molecule has 2 aromatic carbocycles. The van der Waals surface area contributed by atoms with E-state index in [0.717, 1.165) is 19.6 Å². The molecule has 7 nitrogen and oxygen atoms in total. The van der Waals surface area contributed by atoms with Gasteiger partial charge in [0.1, 0.15) is 11.5 Å². The van der Waals surface area contributed by atoms with Crippen LogP contribution in [-0.4, -0.2) is 73.1 Å². The highest BCUT2D eigenvalue weighted by Gasteiger charge is 2.45. The van der Waals surface area contributed by atoms with Gasteiger partial charge in [0.05, 0.1) is 31.9 Å². The molecule has 8 heteroatoms. The second kappa shape index (κ2) is 10.4. The summed E-state index contributed by atoms with van der Waals surface area (Å²) in [6.07, 6.45) is 0.703. The highest BCUT2D eigenvalue weighted by Crippen LogP contribution is 2.40. The number of benzene rings is 2. The number of methoxy groups -OCH3 is 1. The number of amides is 1. The molecule has 1 unspecified atom stereocenters. The Bertz CT molecular complexity index is 1050. The summed E-state index contributed by atoms with van der Waals surface area (Å²) in [5.74, 6) is -0.909. The van der Waals surface area contributed by atoms with E-state index in [0.29, 0.717) is 48.1 Å². The topological polar surface area (TPSA) is 79.3 Å². The lowest BCUT2D eigenvalue weighted by atomic mass is 9.95. The Kier molecular flexibility index (Phi) is 7.33. The van der Waals surface area contributed by atoms with Crippen LogP contribution in [0, 0.1) is 0 Å². The van der Waals surface area contributed by atoms with E-state index in [1.807, 2.05) is 12.1 Å². The Balaban J connectivity index is 1.68. The van der Waals surface area contributed by atoms with Crippen molar-refractivity contribution in [3.63, 3.8) is 0 Å². The van der Waals surface area contributed by atoms with Crippen molar-refractivity contribution in [1.29, 1.82) is 0 Å². The number of rotatable bonds is 7. The van der Waals surface area contributed by atoms with Gasteiger partial charge in [0.25, 0.3) is 11.7 Å². The summed E-state index contributed by atoms with van der Waals surface area (Å²) in [6.45, 7) is 4.31. The molecule has 0 bridgehead atoms. The van der Waals surface area contributed by atoms with E-state index in [4.69, 9.17) is 21.1 Å². The number of hydrogen-bond acceptors (Lipinski definition) is 6. The van der Waals surface area contributed by atoms with Gasteiger partial charge >= 0.3 is 0 Å². The van der Waals surface area contributed by atoms with Crippen LogP contribution in [-0.2, 0) is 14.3 Å². The highest BCUT2D eigenvalue weighted by atomic mass is 35.5. The first-order chi connectivity index (χ1) is 16.0. The van der Waals surface area contributed by atoms with Crippen molar-refractivity contribution in [3.8, 4) is 5.75 Å². The average Bonchev–Trinajstić information content (AvgIpc) is 3.10. The van der Waals surface area contributed by atoms with Gasteiger partial charge in [0, 0.05) is 36.8 Å². The lowest BCUT2D eigenvalue weighted by Gasteiger charge is -2.29. The Morgan fingerprint density at radius 2 is 1.85 bits per heavy atom. The number of likely N-dealkylation sites (tertiary alicyclic amines) is 1. The zero-order valence-corrected chi connectivity index (χ0v) is 19.3. The van der Waals surface area contributed by atoms with Crippen LogP contribution < -0.4 is 4.74 Å². The maximum Gasteiger partial charge on any atom is 0.295 e. The van der Waals surface area contributed by atoms with Crippen LogP contribution in [0.1, 0.15) is 23.6 Å². The van der Waals surface area contributed by atoms with Crippen molar-refractivity contribution in [2.24, 2.45) is 0 Å². The molecular weight excluding hydrogens is 444 g/mol. The van der Waals surface area contributed by atoms with Crippen molar-refractivity contribution in [1.82, 2.24) is 9.80 Å². The van der Waals surface area contributed by atoms with Crippen LogP contribution in [0.25, 0.3) is 5.76 Å². The van der Waals surface area contributed by atoms with Gasteiger partial charge in [0.15, 0.2) is 0 Å². The van der Waals surface area contributed by atoms with Crippen LogP contribution >= 0.6 is 11.6 Å². The van der Waals surface area contributed by atoms with Gasteiger partial charge in [-0.15, -0.1) is 0 Å². The molecule has 0 aromatic heterocycles. The van der Waals surface area contributed by atoms with Crippen molar-refractivity contribution < 1.29 is 24.2 Å². The molecule has 4 rings (SSSR count). The minimum Gasteiger partial charge on any atom is -0.507 e. The normalized spacial score (nSPS) is 20.9. The fourth-order valence-electron chi connectivity index (χ4n) is 4.32. The maximum absolute atomic E-state index is 13.1. The quantitative estimate of drug-likeness (QED) is 0.379. The van der Waals surface area contributed by atoms with Crippen LogP contribution in [0.5, 0.6) is 5.75 Å². The molecule has 0 aliphatic carbocycles. The first-order valence-corrected chi connectivity index (χ1v) is 11.4. The van der Waals surface area contributed by atoms with E-state index in [-0.39, 0.29) is 11.3 Å². The fraction of sp³-hybridized carbons (Fsp3) is 0.360. The lowest BCUT2D eigenvalue weighted by molar-refractivity contribution is -0.140. The van der Waals surface area contributed by atoms with Crippen LogP contribution in [0.2, 0.25) is 5.02 Å². The van der Waals surface area contributed by atoms with E-state index >= 15 is 0 Å². The Hall–Kier alpha value is -2.87. The van der Waals surface area contributed by atoms with Crippen LogP contribution in [0.4, 0.5) is 0 Å². The standard InChI is InChI=1S/C25H27ClN2O5/c1-32-20-5-2-4-18(16-20)22-21(23(29)17-6-8-19(26)9-7-17)24(30)25(31)28(22)11-3-10-27-12-14-33-15-13-27/h2,4-9,16,22,29H,3,10-15H2,1H3/b23-21-. The van der Waals surface area contributed by atoms with Crippen molar-refractivity contribution in [2.45, 2.75) is 12.5 Å². The molecule has 2 heterocycles. The number of nitrogens with zero attached hydrogens (tertiary/aromatic N) is 2. The summed E-state index contributed by atoms with van der Waals surface area (Å²) in [5, 5.41) is 11.6. The molecule has 2 aromatic rings. The molecule has 2 saturated heterocycles. The smallest absolute Gasteiger partial charge is 0.295 e. The first kappa shape index (κ1) is 23.3. The van der Waals surface area contributed by atoms with Crippen LogP contribution in [0.15, 0.2) is 54.1 Å². The Morgan fingerprint density at radius 1 is 1.12 bits per heavy atom. The van der Waals surface area contributed by atoms with Gasteiger partial charge in [-0.05, 0) is 48.4 Å². The summed E-state index contributed by atoms with van der Waals surface area (Å²) >= 11 is 5.98. The molecule has 0 radical (unpaired) electrons. The third kappa shape index (κ3) is 5.05. The van der Waals surface area contributed by atoms with E-state index in [9.17, 15) is 14.7 Å². The molecule has 0 spiro atoms. The maximum atomic E-state index is 13.1. The molecule has 2 fully saturated rings. The number of aliphatic hydroxyl groups is 1. The molecular formula is C25H27ClN2O5. The summed E-state index contributed by atoms with van der Waals surface area (Å²) in [6, 6.07) is 13.1. The van der Waals surface area contributed by atoms with Gasteiger partial charge in [-0.25, -0.2) is 0 Å². The number of aliphatic hydroxyl groups excluding tert-OH is 1. The van der Waals surface area contributed by atoms with E-state index in [1.165, 1.54) is 0 Å². The van der Waals surface area contributed by atoms with Gasteiger partial charge in [-0.1, -0.05) is 23.7 Å². The van der Waals surface area contributed by atoms with Gasteiger partial charge in [-0.2, -0.15) is 0 Å². The van der Waals surface area contributed by atoms with Crippen molar-refractivity contribution in [2.75, 3.05) is 46.5 Å². The highest BCUT2D eigenvalue weighted by molar-refractivity contribution is 6.46. The van der Waals surface area contributed by atoms with E-state index in [2.05, 4.69) is 4.90 Å². The van der Waals surface area contributed by atoms with Crippen molar-refractivity contribution in [3.05, 3.63) is 70.3 Å². The second-order valence-electron chi connectivity index (χ2n) is 8.08. The third-order valence-electron chi connectivity index (χ3n) is 6.04. The van der Waals surface area contributed by atoms with E-state index in [1.54, 1.807) is 48.4 Å². The molecule has 1 amide bonds. The molecule has 174 valence electrons. The largest absolute Gasteiger partial charge is 0.507 e. The number of ether oxygens (including phenoxy) is 2. The molecule has 1 N–H and O–H groups in total. The Labute approximate surface area is 198 Å². The predicted octanol–water partition coefficient (Wildman–Crippen LogP) is 3.49. The summed E-state index contributed by atoms with van der Waals surface area (Å²) in [5.41, 5.74) is 1.20. The van der Waals surface area contributed by atoms with Gasteiger partial charge < -0.3 is 19.5 Å².